The number of nitrogens with two attached hydrogens (primary N) is 1. The van der Waals surface area contributed by atoms with Crippen molar-refractivity contribution in [3.05, 3.63) is 12.7 Å². The topological polar surface area (TPSA) is 52.3 Å². The van der Waals surface area contributed by atoms with E-state index in [0.717, 1.165) is 6.08 Å². The van der Waals surface area contributed by atoms with Crippen LogP contribution in [0.5, 0.6) is 0 Å². The SMILES string of the molecule is C=CC(=O)OBN. The van der Waals surface area contributed by atoms with E-state index in [-0.39, 0.29) is 7.62 Å². The van der Waals surface area contributed by atoms with E-state index in [0.29, 0.717) is 0 Å². The van der Waals surface area contributed by atoms with Crippen molar-refractivity contribution < 1.29 is 9.45 Å². The summed E-state index contributed by atoms with van der Waals surface area (Å²) in [7, 11) is -0.0785. The average molecular weight is 98.9 g/mol. The smallest absolute Gasteiger partial charge is 0.428 e. The molecule has 0 radical (unpaired) electrons. The minimum Gasteiger partial charge on any atom is -0.520 e. The Labute approximate surface area is 42.4 Å². The summed E-state index contributed by atoms with van der Waals surface area (Å²) in [6.07, 6.45) is 1.06. The molecule has 0 heterocycles. The van der Waals surface area contributed by atoms with E-state index in [1.807, 2.05) is 0 Å². The van der Waals surface area contributed by atoms with Gasteiger partial charge < -0.3 is 10.3 Å². The fourth-order valence-electron chi connectivity index (χ4n) is 0.141. The maximum absolute atomic E-state index is 9.99. The fourth-order valence-corrected chi connectivity index (χ4v) is 0.141. The van der Waals surface area contributed by atoms with Gasteiger partial charge in [0.15, 0.2) is 0 Å². The van der Waals surface area contributed by atoms with Gasteiger partial charge in [0.2, 0.25) is 0 Å². The molecular weight excluding hydrogens is 92.9 g/mol. The van der Waals surface area contributed by atoms with Crippen molar-refractivity contribution in [2.45, 2.75) is 0 Å². The zero-order chi connectivity index (χ0) is 5.70. The summed E-state index contributed by atoms with van der Waals surface area (Å²) in [4.78, 5) is 9.99. The molecule has 0 aliphatic heterocycles. The quantitative estimate of drug-likeness (QED) is 0.354. The Morgan fingerprint density at radius 3 is 2.71 bits per heavy atom. The summed E-state index contributed by atoms with van der Waals surface area (Å²) in [6.45, 7) is 3.15. The second-order valence-electron chi connectivity index (χ2n) is 0.834. The number of carbonyl (C=O) groups excluding carboxylic acids is 1. The van der Waals surface area contributed by atoms with Gasteiger partial charge in [0.05, 0.1) is 0 Å². The first-order valence-corrected chi connectivity index (χ1v) is 1.80. The van der Waals surface area contributed by atoms with Crippen LogP contribution >= 0.6 is 0 Å². The fraction of sp³-hybridized carbons (Fsp3) is 0. The molecule has 0 saturated carbocycles. The Kier molecular flexibility index (Phi) is 3.05. The number of carbonyl (C=O) groups is 1. The number of hydrogen-bond acceptors (Lipinski definition) is 3. The van der Waals surface area contributed by atoms with Crippen molar-refractivity contribution >= 4 is 13.6 Å². The van der Waals surface area contributed by atoms with Crippen molar-refractivity contribution in [1.82, 2.24) is 0 Å². The van der Waals surface area contributed by atoms with E-state index in [4.69, 9.17) is 5.64 Å². The third-order valence-corrected chi connectivity index (χ3v) is 0.392. The molecule has 0 aromatic carbocycles. The zero-order valence-electron chi connectivity index (χ0n) is 3.89. The second kappa shape index (κ2) is 3.43. The van der Waals surface area contributed by atoms with Gasteiger partial charge in [0, 0.05) is 6.08 Å². The van der Waals surface area contributed by atoms with Crippen molar-refractivity contribution in [2.24, 2.45) is 5.64 Å². The summed E-state index contributed by atoms with van der Waals surface area (Å²) in [6, 6.07) is 0. The van der Waals surface area contributed by atoms with Gasteiger partial charge in [-0.25, -0.2) is 4.79 Å². The molecule has 0 aromatic rings. The predicted octanol–water partition coefficient (Wildman–Crippen LogP) is -1.06. The standard InChI is InChI=1S/C3H6BNO2/c1-2-3(6)7-4-5/h2,4H,1,5H2. The summed E-state index contributed by atoms with van der Waals surface area (Å²) in [5.74, 6) is -0.484. The minimum atomic E-state index is -0.484. The maximum atomic E-state index is 9.99. The molecule has 0 atom stereocenters. The molecule has 0 aliphatic rings. The van der Waals surface area contributed by atoms with Crippen molar-refractivity contribution in [3.8, 4) is 0 Å². The van der Waals surface area contributed by atoms with Gasteiger partial charge in [-0.3, -0.25) is 0 Å². The van der Waals surface area contributed by atoms with Crippen molar-refractivity contribution in [3.63, 3.8) is 0 Å². The number of hydrogen-bond donors (Lipinski definition) is 1. The van der Waals surface area contributed by atoms with E-state index in [1.54, 1.807) is 0 Å². The summed E-state index contributed by atoms with van der Waals surface area (Å²) in [5, 5.41) is 0. The van der Waals surface area contributed by atoms with E-state index in [9.17, 15) is 4.79 Å². The molecule has 7 heavy (non-hydrogen) atoms. The van der Waals surface area contributed by atoms with E-state index < -0.39 is 5.97 Å². The summed E-state index contributed by atoms with van der Waals surface area (Å²) in [5.41, 5.74) is 4.81. The van der Waals surface area contributed by atoms with E-state index in [1.165, 1.54) is 0 Å². The molecule has 4 heteroatoms. The average Bonchev–Trinajstić information content (AvgIpc) is 1.68. The Bertz CT molecular complexity index is 83.0. The normalized spacial score (nSPS) is 7.00. The molecule has 0 amide bonds. The summed E-state index contributed by atoms with van der Waals surface area (Å²) >= 11 is 0. The lowest BCUT2D eigenvalue weighted by atomic mass is 10.3. The number of rotatable bonds is 2. The van der Waals surface area contributed by atoms with Crippen LogP contribution in [0.1, 0.15) is 0 Å². The molecule has 0 spiro atoms. The minimum absolute atomic E-state index is 0.0785. The molecular formula is C3H6BNO2. The van der Waals surface area contributed by atoms with Gasteiger partial charge in [0.25, 0.3) is 0 Å². The predicted molar refractivity (Wildman–Crippen MR) is 27.6 cm³/mol. The van der Waals surface area contributed by atoms with Gasteiger partial charge in [-0.15, -0.1) is 0 Å². The van der Waals surface area contributed by atoms with Gasteiger partial charge >= 0.3 is 13.6 Å². The first-order valence-electron chi connectivity index (χ1n) is 1.80. The Balaban J connectivity index is 3.17. The lowest BCUT2D eigenvalue weighted by molar-refractivity contribution is -0.128. The Morgan fingerprint density at radius 1 is 2.00 bits per heavy atom. The highest BCUT2D eigenvalue weighted by Gasteiger charge is 1.88. The molecule has 0 aromatic heterocycles. The molecule has 3 nitrogen and oxygen atoms in total. The molecule has 0 fully saturated rings. The molecule has 0 rings (SSSR count). The van der Waals surface area contributed by atoms with Crippen molar-refractivity contribution in [1.29, 1.82) is 0 Å². The van der Waals surface area contributed by atoms with Crippen LogP contribution in [0.15, 0.2) is 12.7 Å². The Morgan fingerprint density at radius 2 is 2.57 bits per heavy atom. The van der Waals surface area contributed by atoms with Crippen LogP contribution in [0.4, 0.5) is 0 Å². The molecule has 0 saturated heterocycles. The van der Waals surface area contributed by atoms with Crippen LogP contribution in [0.2, 0.25) is 0 Å². The lowest BCUT2D eigenvalue weighted by Crippen LogP contribution is -2.13. The molecule has 0 aliphatic carbocycles. The zero-order valence-corrected chi connectivity index (χ0v) is 3.89. The van der Waals surface area contributed by atoms with E-state index >= 15 is 0 Å². The lowest BCUT2D eigenvalue weighted by Gasteiger charge is -1.89. The second-order valence-corrected chi connectivity index (χ2v) is 0.834. The van der Waals surface area contributed by atoms with Crippen LogP contribution in [0, 0.1) is 0 Å². The van der Waals surface area contributed by atoms with Gasteiger partial charge in [-0.2, -0.15) is 0 Å². The molecule has 2 N–H and O–H groups in total. The van der Waals surface area contributed by atoms with Gasteiger partial charge in [0.1, 0.15) is 0 Å². The van der Waals surface area contributed by atoms with Crippen LogP contribution in [0.25, 0.3) is 0 Å². The van der Waals surface area contributed by atoms with Crippen LogP contribution < -0.4 is 5.64 Å². The Hall–Kier alpha value is -0.765. The highest BCUT2D eigenvalue weighted by atomic mass is 16.5. The summed E-state index contributed by atoms with van der Waals surface area (Å²) < 4.78 is 4.21. The van der Waals surface area contributed by atoms with Gasteiger partial charge in [-0.1, -0.05) is 6.58 Å². The largest absolute Gasteiger partial charge is 0.520 e. The molecule has 0 bridgehead atoms. The monoisotopic (exact) mass is 99.0 g/mol. The van der Waals surface area contributed by atoms with E-state index in [2.05, 4.69) is 11.2 Å². The van der Waals surface area contributed by atoms with Crippen LogP contribution in [-0.2, 0) is 9.45 Å². The molecule has 38 valence electrons. The first-order chi connectivity index (χ1) is 3.31. The molecule has 0 unspecified atom stereocenters. The van der Waals surface area contributed by atoms with Crippen LogP contribution in [0.3, 0.4) is 0 Å². The highest BCUT2D eigenvalue weighted by Crippen LogP contribution is 1.69. The third-order valence-electron chi connectivity index (χ3n) is 0.392. The van der Waals surface area contributed by atoms with Crippen molar-refractivity contribution in [2.75, 3.05) is 0 Å². The maximum Gasteiger partial charge on any atom is 0.428 e. The first kappa shape index (κ1) is 6.23. The third kappa shape index (κ3) is 3.05. The van der Waals surface area contributed by atoms with Crippen LogP contribution in [-0.4, -0.2) is 13.6 Å². The van der Waals surface area contributed by atoms with Gasteiger partial charge in [-0.05, 0) is 0 Å². The highest BCUT2D eigenvalue weighted by molar-refractivity contribution is 6.26.